The summed E-state index contributed by atoms with van der Waals surface area (Å²) in [4.78, 5) is 7.05. The van der Waals surface area contributed by atoms with Gasteiger partial charge >= 0.3 is 0 Å². The summed E-state index contributed by atoms with van der Waals surface area (Å²) in [6.07, 6.45) is 3.57. The first kappa shape index (κ1) is 7.79. The molecule has 2 nitrogen and oxygen atoms in total. The van der Waals surface area contributed by atoms with Crippen LogP contribution in [-0.4, -0.2) is 15.3 Å². The Balaban J connectivity index is 2.85. The predicted octanol–water partition coefficient (Wildman–Crippen LogP) is 2.08. The number of halogens is 1. The van der Waals surface area contributed by atoms with Crippen LogP contribution in [0.5, 0.6) is 0 Å². The van der Waals surface area contributed by atoms with Crippen molar-refractivity contribution >= 4 is 15.9 Å². The Morgan fingerprint density at radius 3 is 2.80 bits per heavy atom. The number of H-pyrrole nitrogens is 1. The molecule has 56 valence electrons. The lowest BCUT2D eigenvalue weighted by Crippen LogP contribution is -2.18. The van der Waals surface area contributed by atoms with Gasteiger partial charge in [0.2, 0.25) is 0 Å². The molecule has 0 aliphatic heterocycles. The Morgan fingerprint density at radius 2 is 2.40 bits per heavy atom. The molecule has 3 heteroatoms. The van der Waals surface area contributed by atoms with Crippen LogP contribution in [0.1, 0.15) is 19.5 Å². The van der Waals surface area contributed by atoms with Gasteiger partial charge in [-0.3, -0.25) is 0 Å². The largest absolute Gasteiger partial charge is 0.348 e. The molecule has 0 aromatic carbocycles. The fourth-order valence-corrected chi connectivity index (χ4v) is 1.00. The summed E-state index contributed by atoms with van der Waals surface area (Å²) in [5, 5.41) is 0.947. The molecule has 0 saturated heterocycles. The molecule has 1 aromatic heterocycles. The monoisotopic (exact) mass is 202 g/mol. The SMILES string of the molecule is CC(C)(CBr)c1cnc[nH]1. The van der Waals surface area contributed by atoms with Crippen molar-refractivity contribution in [2.45, 2.75) is 19.3 Å². The van der Waals surface area contributed by atoms with Gasteiger partial charge in [0, 0.05) is 22.6 Å². The quantitative estimate of drug-likeness (QED) is 0.732. The molecule has 0 saturated carbocycles. The number of imidazole rings is 1. The molecule has 1 aromatic rings. The van der Waals surface area contributed by atoms with E-state index in [2.05, 4.69) is 39.7 Å². The Morgan fingerprint density at radius 1 is 1.70 bits per heavy atom. The molecule has 0 spiro atoms. The molecule has 0 radical (unpaired) electrons. The lowest BCUT2D eigenvalue weighted by Gasteiger charge is -2.18. The molecule has 0 bridgehead atoms. The van der Waals surface area contributed by atoms with Crippen LogP contribution in [0.4, 0.5) is 0 Å². The molecule has 0 amide bonds. The van der Waals surface area contributed by atoms with E-state index in [1.54, 1.807) is 6.33 Å². The van der Waals surface area contributed by atoms with Gasteiger partial charge in [-0.25, -0.2) is 4.98 Å². The van der Waals surface area contributed by atoms with E-state index in [1.807, 2.05) is 6.20 Å². The first-order valence-electron chi connectivity index (χ1n) is 3.21. The predicted molar refractivity (Wildman–Crippen MR) is 45.4 cm³/mol. The van der Waals surface area contributed by atoms with Crippen LogP contribution < -0.4 is 0 Å². The van der Waals surface area contributed by atoms with Crippen LogP contribution in [-0.2, 0) is 5.41 Å². The summed E-state index contributed by atoms with van der Waals surface area (Å²) in [6, 6.07) is 0. The van der Waals surface area contributed by atoms with Gasteiger partial charge < -0.3 is 4.98 Å². The van der Waals surface area contributed by atoms with Crippen molar-refractivity contribution in [3.63, 3.8) is 0 Å². The minimum Gasteiger partial charge on any atom is -0.348 e. The van der Waals surface area contributed by atoms with E-state index in [1.165, 1.54) is 5.69 Å². The molecule has 1 N–H and O–H groups in total. The van der Waals surface area contributed by atoms with Gasteiger partial charge in [0.15, 0.2) is 0 Å². The molecule has 0 aliphatic rings. The van der Waals surface area contributed by atoms with E-state index >= 15 is 0 Å². The summed E-state index contributed by atoms with van der Waals surface area (Å²) in [6.45, 7) is 4.32. The topological polar surface area (TPSA) is 28.7 Å². The zero-order chi connectivity index (χ0) is 7.61. The Labute approximate surface area is 69.2 Å². The highest BCUT2D eigenvalue weighted by atomic mass is 79.9. The zero-order valence-corrected chi connectivity index (χ0v) is 7.77. The van der Waals surface area contributed by atoms with Crippen molar-refractivity contribution in [3.8, 4) is 0 Å². The van der Waals surface area contributed by atoms with Crippen molar-refractivity contribution < 1.29 is 0 Å². The molecular weight excluding hydrogens is 192 g/mol. The van der Waals surface area contributed by atoms with E-state index < -0.39 is 0 Å². The third-order valence-electron chi connectivity index (χ3n) is 1.56. The van der Waals surface area contributed by atoms with E-state index in [9.17, 15) is 0 Å². The van der Waals surface area contributed by atoms with Crippen LogP contribution in [0.25, 0.3) is 0 Å². The Kier molecular flexibility index (Phi) is 2.14. The molecule has 0 unspecified atom stereocenters. The Hall–Kier alpha value is -0.310. The molecule has 10 heavy (non-hydrogen) atoms. The molecule has 0 aliphatic carbocycles. The van der Waals surface area contributed by atoms with Crippen molar-refractivity contribution in [3.05, 3.63) is 18.2 Å². The standard InChI is InChI=1S/C7H11BrN2/c1-7(2,4-8)6-3-9-5-10-6/h3,5H,4H2,1-2H3,(H,9,10). The second-order valence-electron chi connectivity index (χ2n) is 2.98. The van der Waals surface area contributed by atoms with Crippen LogP contribution in [0.3, 0.4) is 0 Å². The highest BCUT2D eigenvalue weighted by molar-refractivity contribution is 9.09. The fraction of sp³-hybridized carbons (Fsp3) is 0.571. The van der Waals surface area contributed by atoms with E-state index in [0.717, 1.165) is 5.33 Å². The molecular formula is C7H11BrN2. The first-order chi connectivity index (χ1) is 4.67. The molecule has 0 fully saturated rings. The summed E-state index contributed by atoms with van der Waals surface area (Å²) >= 11 is 3.44. The maximum absolute atomic E-state index is 3.96. The zero-order valence-electron chi connectivity index (χ0n) is 6.19. The minimum atomic E-state index is 0.163. The lowest BCUT2D eigenvalue weighted by atomic mass is 9.93. The average Bonchev–Trinajstić information content (AvgIpc) is 2.38. The lowest BCUT2D eigenvalue weighted by molar-refractivity contribution is 0.588. The highest BCUT2D eigenvalue weighted by Crippen LogP contribution is 2.22. The summed E-state index contributed by atoms with van der Waals surface area (Å²) in [7, 11) is 0. The number of aromatic nitrogens is 2. The number of alkyl halides is 1. The second kappa shape index (κ2) is 2.74. The smallest absolute Gasteiger partial charge is 0.0921 e. The van der Waals surface area contributed by atoms with E-state index in [-0.39, 0.29) is 5.41 Å². The average molecular weight is 203 g/mol. The molecule has 0 atom stereocenters. The summed E-state index contributed by atoms with van der Waals surface area (Å²) < 4.78 is 0. The minimum absolute atomic E-state index is 0.163. The van der Waals surface area contributed by atoms with Crippen molar-refractivity contribution in [1.82, 2.24) is 9.97 Å². The third kappa shape index (κ3) is 1.40. The fourth-order valence-electron chi connectivity index (χ4n) is 0.698. The third-order valence-corrected chi connectivity index (χ3v) is 2.96. The van der Waals surface area contributed by atoms with Gasteiger partial charge in [-0.05, 0) is 0 Å². The van der Waals surface area contributed by atoms with Gasteiger partial charge in [-0.2, -0.15) is 0 Å². The van der Waals surface area contributed by atoms with Crippen LogP contribution in [0.2, 0.25) is 0 Å². The van der Waals surface area contributed by atoms with Gasteiger partial charge in [0.05, 0.1) is 6.33 Å². The van der Waals surface area contributed by atoms with Crippen molar-refractivity contribution in [2.75, 3.05) is 5.33 Å². The number of nitrogens with zero attached hydrogens (tertiary/aromatic N) is 1. The van der Waals surface area contributed by atoms with Crippen LogP contribution in [0.15, 0.2) is 12.5 Å². The molecule has 1 rings (SSSR count). The van der Waals surface area contributed by atoms with Gasteiger partial charge in [-0.1, -0.05) is 29.8 Å². The number of rotatable bonds is 2. The van der Waals surface area contributed by atoms with Gasteiger partial charge in [-0.15, -0.1) is 0 Å². The number of hydrogen-bond acceptors (Lipinski definition) is 1. The maximum Gasteiger partial charge on any atom is 0.0921 e. The van der Waals surface area contributed by atoms with Gasteiger partial charge in [0.1, 0.15) is 0 Å². The second-order valence-corrected chi connectivity index (χ2v) is 3.54. The van der Waals surface area contributed by atoms with Crippen LogP contribution in [0, 0.1) is 0 Å². The van der Waals surface area contributed by atoms with Crippen molar-refractivity contribution in [2.24, 2.45) is 0 Å². The molecule has 1 heterocycles. The maximum atomic E-state index is 3.96. The van der Waals surface area contributed by atoms with Crippen LogP contribution >= 0.6 is 15.9 Å². The van der Waals surface area contributed by atoms with E-state index in [4.69, 9.17) is 0 Å². The number of hydrogen-bond donors (Lipinski definition) is 1. The Bertz CT molecular complexity index is 191. The normalized spacial score (nSPS) is 11.9. The highest BCUT2D eigenvalue weighted by Gasteiger charge is 2.19. The van der Waals surface area contributed by atoms with Crippen molar-refractivity contribution in [1.29, 1.82) is 0 Å². The summed E-state index contributed by atoms with van der Waals surface area (Å²) in [5.41, 5.74) is 1.33. The first-order valence-corrected chi connectivity index (χ1v) is 4.34. The number of nitrogens with one attached hydrogen (secondary N) is 1. The van der Waals surface area contributed by atoms with E-state index in [0.29, 0.717) is 0 Å². The number of aromatic amines is 1. The summed E-state index contributed by atoms with van der Waals surface area (Å²) in [5.74, 6) is 0. The van der Waals surface area contributed by atoms with Gasteiger partial charge in [0.25, 0.3) is 0 Å².